The van der Waals surface area contributed by atoms with Crippen molar-refractivity contribution in [2.75, 3.05) is 33.4 Å². The number of Topliss-reactive ketones (excluding diaryl/α,β-unsaturated/α-hetero) is 1. The molecule has 0 unspecified atom stereocenters. The first-order chi connectivity index (χ1) is 11.2. The molecule has 0 bridgehead atoms. The number of thioether (sulfide) groups is 1. The summed E-state index contributed by atoms with van der Waals surface area (Å²) in [5, 5.41) is 0.889. The van der Waals surface area contributed by atoms with E-state index in [9.17, 15) is 9.59 Å². The van der Waals surface area contributed by atoms with Crippen molar-refractivity contribution in [3.63, 3.8) is 0 Å². The lowest BCUT2D eigenvalue weighted by Gasteiger charge is -2.29. The summed E-state index contributed by atoms with van der Waals surface area (Å²) in [6.07, 6.45) is 1.27. The molecule has 0 atom stereocenters. The van der Waals surface area contributed by atoms with Crippen LogP contribution in [-0.4, -0.2) is 50.1 Å². The van der Waals surface area contributed by atoms with E-state index in [4.69, 9.17) is 4.74 Å². The molecule has 1 aromatic carbocycles. The first-order valence-corrected chi connectivity index (χ1v) is 8.17. The predicted octanol–water partition coefficient (Wildman–Crippen LogP) is 2.06. The van der Waals surface area contributed by atoms with Crippen LogP contribution in [0.25, 0.3) is 5.57 Å². The number of benzene rings is 1. The smallest absolute Gasteiger partial charge is 0.331 e. The van der Waals surface area contributed by atoms with Crippen LogP contribution in [0.3, 0.4) is 0 Å². The van der Waals surface area contributed by atoms with Crippen molar-refractivity contribution in [3.8, 4) is 0 Å². The minimum Gasteiger partial charge on any atom is -0.466 e. The Balaban J connectivity index is 2.01. The van der Waals surface area contributed by atoms with Crippen molar-refractivity contribution in [1.82, 2.24) is 4.90 Å². The maximum Gasteiger partial charge on any atom is 0.331 e. The molecule has 23 heavy (non-hydrogen) atoms. The number of methoxy groups -OCH3 is 1. The Bertz CT molecular complexity index is 675. The van der Waals surface area contributed by atoms with Crippen LogP contribution >= 0.6 is 11.8 Å². The Hall–Kier alpha value is -2.05. The van der Waals surface area contributed by atoms with Crippen molar-refractivity contribution < 1.29 is 19.1 Å². The lowest BCUT2D eigenvalue weighted by atomic mass is 10.0. The number of carbonyl (C=O) groups excluding carboxylic acids is 2. The van der Waals surface area contributed by atoms with Gasteiger partial charge < -0.3 is 14.4 Å². The van der Waals surface area contributed by atoms with Gasteiger partial charge in [-0.05, 0) is 5.56 Å². The van der Waals surface area contributed by atoms with Gasteiger partial charge in [-0.25, -0.2) is 4.79 Å². The van der Waals surface area contributed by atoms with Crippen molar-refractivity contribution in [3.05, 3.63) is 51.9 Å². The topological polar surface area (TPSA) is 55.8 Å². The Morgan fingerprint density at radius 2 is 1.96 bits per heavy atom. The van der Waals surface area contributed by atoms with Gasteiger partial charge in [-0.3, -0.25) is 4.79 Å². The van der Waals surface area contributed by atoms with E-state index in [-0.39, 0.29) is 5.78 Å². The maximum absolute atomic E-state index is 12.8. The van der Waals surface area contributed by atoms with Gasteiger partial charge in [-0.15, -0.1) is 0 Å². The average Bonchev–Trinajstić information content (AvgIpc) is 2.93. The molecule has 2 aliphatic rings. The lowest BCUT2D eigenvalue weighted by molar-refractivity contribution is -0.135. The summed E-state index contributed by atoms with van der Waals surface area (Å²) >= 11 is 1.33. The van der Waals surface area contributed by atoms with Gasteiger partial charge in [-0.1, -0.05) is 42.1 Å². The number of hydrogen-bond donors (Lipinski definition) is 0. The van der Waals surface area contributed by atoms with E-state index >= 15 is 0 Å². The number of ether oxygens (including phenoxy) is 2. The van der Waals surface area contributed by atoms with Crippen LogP contribution in [0.4, 0.5) is 0 Å². The number of ketones is 1. The number of rotatable bonds is 3. The number of morpholine rings is 1. The second-order valence-corrected chi connectivity index (χ2v) is 6.14. The molecule has 0 amide bonds. The first kappa shape index (κ1) is 15.8. The highest BCUT2D eigenvalue weighted by atomic mass is 32.2. The molecule has 0 spiro atoms. The number of hydrogen-bond acceptors (Lipinski definition) is 6. The molecule has 0 N–H and O–H groups in total. The van der Waals surface area contributed by atoms with Crippen LogP contribution in [-0.2, 0) is 19.1 Å². The fourth-order valence-electron chi connectivity index (χ4n) is 2.53. The summed E-state index contributed by atoms with van der Waals surface area (Å²) in [5.41, 5.74) is 1.51. The summed E-state index contributed by atoms with van der Waals surface area (Å²) < 4.78 is 10.0. The van der Waals surface area contributed by atoms with E-state index in [1.807, 2.05) is 30.3 Å². The molecule has 0 radical (unpaired) electrons. The average molecular weight is 331 g/mol. The standard InChI is InChI=1S/C17H17NO4S/c1-21-14(19)11-13-16(20)15(12-5-3-2-4-6-12)17(23-13)18-7-9-22-10-8-18/h2-6,11H,7-10H2,1H3. The molecule has 1 saturated heterocycles. The zero-order valence-corrected chi connectivity index (χ0v) is 13.6. The van der Waals surface area contributed by atoms with Gasteiger partial charge in [0.15, 0.2) is 0 Å². The molecule has 2 heterocycles. The quantitative estimate of drug-likeness (QED) is 0.624. The molecule has 6 heteroatoms. The molecular weight excluding hydrogens is 314 g/mol. The third-order valence-electron chi connectivity index (χ3n) is 3.68. The third kappa shape index (κ3) is 3.33. The van der Waals surface area contributed by atoms with Gasteiger partial charge in [0.05, 0.1) is 35.8 Å². The fourth-order valence-corrected chi connectivity index (χ4v) is 3.71. The van der Waals surface area contributed by atoms with Crippen molar-refractivity contribution >= 4 is 29.1 Å². The molecule has 0 aromatic heterocycles. The van der Waals surface area contributed by atoms with Gasteiger partial charge in [0.1, 0.15) is 0 Å². The van der Waals surface area contributed by atoms with Crippen LogP contribution in [0.2, 0.25) is 0 Å². The van der Waals surface area contributed by atoms with Crippen LogP contribution in [0.15, 0.2) is 46.3 Å². The monoisotopic (exact) mass is 331 g/mol. The molecule has 120 valence electrons. The largest absolute Gasteiger partial charge is 0.466 e. The highest BCUT2D eigenvalue weighted by molar-refractivity contribution is 8.08. The molecule has 0 saturated carbocycles. The van der Waals surface area contributed by atoms with E-state index in [2.05, 4.69) is 9.64 Å². The Kier molecular flexibility index (Phi) is 4.83. The molecule has 3 rings (SSSR count). The maximum atomic E-state index is 12.8. The third-order valence-corrected chi connectivity index (χ3v) is 4.86. The van der Waals surface area contributed by atoms with E-state index in [1.54, 1.807) is 0 Å². The molecule has 0 aliphatic carbocycles. The van der Waals surface area contributed by atoms with Gasteiger partial charge >= 0.3 is 5.97 Å². The zero-order valence-electron chi connectivity index (χ0n) is 12.8. The van der Waals surface area contributed by atoms with Crippen molar-refractivity contribution in [2.45, 2.75) is 0 Å². The van der Waals surface area contributed by atoms with Crippen molar-refractivity contribution in [2.24, 2.45) is 0 Å². The molecular formula is C17H17NO4S. The summed E-state index contributed by atoms with van der Waals surface area (Å²) in [6.45, 7) is 2.74. The minimum atomic E-state index is -0.517. The zero-order chi connectivity index (χ0) is 16.2. The van der Waals surface area contributed by atoms with Gasteiger partial charge in [0.25, 0.3) is 0 Å². The Labute approximate surface area is 138 Å². The lowest BCUT2D eigenvalue weighted by Crippen LogP contribution is -2.34. The summed E-state index contributed by atoms with van der Waals surface area (Å²) in [7, 11) is 1.30. The van der Waals surface area contributed by atoms with Crippen LogP contribution in [0, 0.1) is 0 Å². The molecule has 5 nitrogen and oxygen atoms in total. The van der Waals surface area contributed by atoms with Crippen LogP contribution in [0.1, 0.15) is 5.56 Å². The summed E-state index contributed by atoms with van der Waals surface area (Å²) in [4.78, 5) is 26.9. The fraction of sp³-hybridized carbons (Fsp3) is 0.294. The summed E-state index contributed by atoms with van der Waals surface area (Å²) in [5.74, 6) is -0.649. The van der Waals surface area contributed by atoms with Crippen molar-refractivity contribution in [1.29, 1.82) is 0 Å². The normalized spacial score (nSPS) is 20.3. The highest BCUT2D eigenvalue weighted by Crippen LogP contribution is 2.44. The highest BCUT2D eigenvalue weighted by Gasteiger charge is 2.34. The van der Waals surface area contributed by atoms with E-state index < -0.39 is 5.97 Å². The second-order valence-electron chi connectivity index (χ2n) is 5.11. The Morgan fingerprint density at radius 3 is 2.61 bits per heavy atom. The van der Waals surface area contributed by atoms with Crippen LogP contribution in [0.5, 0.6) is 0 Å². The second kappa shape index (κ2) is 7.02. The Morgan fingerprint density at radius 1 is 1.26 bits per heavy atom. The van der Waals surface area contributed by atoms with Gasteiger partial charge in [0.2, 0.25) is 5.78 Å². The van der Waals surface area contributed by atoms with E-state index in [1.165, 1.54) is 24.9 Å². The van der Waals surface area contributed by atoms with Gasteiger partial charge in [-0.2, -0.15) is 0 Å². The number of nitrogens with zero attached hydrogens (tertiary/aromatic N) is 1. The number of carbonyl (C=O) groups is 2. The molecule has 1 aromatic rings. The van der Waals surface area contributed by atoms with Crippen LogP contribution < -0.4 is 0 Å². The minimum absolute atomic E-state index is 0.131. The first-order valence-electron chi connectivity index (χ1n) is 7.35. The van der Waals surface area contributed by atoms with E-state index in [0.29, 0.717) is 23.7 Å². The number of allylic oxidation sites excluding steroid dienone is 2. The predicted molar refractivity (Wildman–Crippen MR) is 88.5 cm³/mol. The molecule has 1 fully saturated rings. The molecule has 2 aliphatic heterocycles. The SMILES string of the molecule is COC(=O)C=C1SC(N2CCOCC2)=C(c2ccccc2)C1=O. The summed E-state index contributed by atoms with van der Waals surface area (Å²) in [6, 6.07) is 9.54. The van der Waals surface area contributed by atoms with Gasteiger partial charge in [0, 0.05) is 19.2 Å². The number of esters is 1. The van der Waals surface area contributed by atoms with E-state index in [0.717, 1.165) is 23.7 Å².